The summed E-state index contributed by atoms with van der Waals surface area (Å²) in [5.41, 5.74) is 22.9. The van der Waals surface area contributed by atoms with Crippen molar-refractivity contribution < 1.29 is 0 Å². The molecule has 2 rings (SSSR count). The lowest BCUT2D eigenvalue weighted by atomic mass is 10.2. The molecular weight excluding hydrogens is 218 g/mol. The van der Waals surface area contributed by atoms with E-state index in [2.05, 4.69) is 15.0 Å². The lowest BCUT2D eigenvalue weighted by Crippen LogP contribution is -2.05. The summed E-state index contributed by atoms with van der Waals surface area (Å²) < 4.78 is 0. The van der Waals surface area contributed by atoms with Crippen LogP contribution in [0.4, 0.5) is 23.5 Å². The zero-order chi connectivity index (χ0) is 12.8. The summed E-state index contributed by atoms with van der Waals surface area (Å²) in [6, 6.07) is 7.80. The van der Waals surface area contributed by atoms with Crippen LogP contribution in [-0.2, 0) is 0 Å². The van der Waals surface area contributed by atoms with Gasteiger partial charge >= 0.3 is 0 Å². The van der Waals surface area contributed by atoms with Gasteiger partial charge in [0.2, 0.25) is 17.8 Å². The minimum atomic E-state index is 0.0417. The highest BCUT2D eigenvalue weighted by molar-refractivity contribution is 5.44. The number of nitrogen functional groups attached to an aromatic ring is 4. The first-order valence-corrected chi connectivity index (χ1v) is 4.82. The summed E-state index contributed by atoms with van der Waals surface area (Å²) in [5.74, 6) is 0.125. The van der Waals surface area contributed by atoms with E-state index in [1.54, 1.807) is 0 Å². The minimum Gasteiger partial charge on any atom is -0.399 e. The number of rotatable bonds is 0. The van der Waals surface area contributed by atoms with Gasteiger partial charge < -0.3 is 22.9 Å². The number of nitrogens with two attached hydrogens (primary N) is 4. The van der Waals surface area contributed by atoms with Crippen molar-refractivity contribution >= 4 is 23.5 Å². The molecule has 0 unspecified atom stereocenters. The van der Waals surface area contributed by atoms with E-state index in [1.165, 1.54) is 0 Å². The third-order valence-corrected chi connectivity index (χ3v) is 1.88. The highest BCUT2D eigenvalue weighted by Gasteiger charge is 1.93. The molecule has 0 aliphatic carbocycles. The van der Waals surface area contributed by atoms with E-state index in [1.807, 2.05) is 31.2 Å². The maximum Gasteiger partial charge on any atom is 0.226 e. The van der Waals surface area contributed by atoms with Gasteiger partial charge in [0.05, 0.1) is 0 Å². The topological polar surface area (TPSA) is 143 Å². The van der Waals surface area contributed by atoms with Crippen LogP contribution < -0.4 is 22.9 Å². The van der Waals surface area contributed by atoms with Crippen LogP contribution in [-0.4, -0.2) is 15.0 Å². The number of para-hydroxylation sites is 1. The summed E-state index contributed by atoms with van der Waals surface area (Å²) in [4.78, 5) is 10.5. The maximum absolute atomic E-state index is 5.52. The Kier molecular flexibility index (Phi) is 4.04. The predicted octanol–water partition coefficient (Wildman–Crippen LogP) is 0.195. The van der Waals surface area contributed by atoms with Gasteiger partial charge in [-0.25, -0.2) is 0 Å². The second kappa shape index (κ2) is 5.50. The van der Waals surface area contributed by atoms with Crippen LogP contribution in [0.3, 0.4) is 0 Å². The second-order valence-corrected chi connectivity index (χ2v) is 3.27. The molecule has 7 nitrogen and oxygen atoms in total. The highest BCUT2D eigenvalue weighted by Crippen LogP contribution is 2.06. The number of anilines is 4. The van der Waals surface area contributed by atoms with E-state index in [4.69, 9.17) is 22.9 Å². The van der Waals surface area contributed by atoms with Crippen LogP contribution in [0.5, 0.6) is 0 Å². The molecule has 90 valence electrons. The number of aryl methyl sites for hydroxylation is 1. The van der Waals surface area contributed by atoms with Gasteiger partial charge in [0.25, 0.3) is 0 Å². The summed E-state index contributed by atoms with van der Waals surface area (Å²) >= 11 is 0. The second-order valence-electron chi connectivity index (χ2n) is 3.27. The van der Waals surface area contributed by atoms with Gasteiger partial charge in [0.1, 0.15) is 0 Å². The van der Waals surface area contributed by atoms with E-state index in [0.29, 0.717) is 0 Å². The molecule has 8 N–H and O–H groups in total. The van der Waals surface area contributed by atoms with Crippen molar-refractivity contribution in [1.29, 1.82) is 0 Å². The van der Waals surface area contributed by atoms with Crippen LogP contribution in [0.1, 0.15) is 5.56 Å². The van der Waals surface area contributed by atoms with Crippen LogP contribution in [0.2, 0.25) is 0 Å². The van der Waals surface area contributed by atoms with Crippen molar-refractivity contribution in [3.8, 4) is 0 Å². The molecule has 1 aromatic heterocycles. The summed E-state index contributed by atoms with van der Waals surface area (Å²) in [7, 11) is 0. The quantitative estimate of drug-likeness (QED) is 0.476. The highest BCUT2D eigenvalue weighted by atomic mass is 15.2. The average Bonchev–Trinajstić information content (AvgIpc) is 2.21. The van der Waals surface area contributed by atoms with E-state index in [9.17, 15) is 0 Å². The van der Waals surface area contributed by atoms with Crippen molar-refractivity contribution in [1.82, 2.24) is 15.0 Å². The zero-order valence-corrected chi connectivity index (χ0v) is 9.46. The molecule has 0 bridgehead atoms. The Morgan fingerprint density at radius 2 is 1.18 bits per heavy atom. The smallest absolute Gasteiger partial charge is 0.226 e. The Hall–Kier alpha value is -2.57. The number of hydrogen-bond donors (Lipinski definition) is 4. The summed E-state index contributed by atoms with van der Waals surface area (Å²) in [6.07, 6.45) is 0. The van der Waals surface area contributed by atoms with Crippen molar-refractivity contribution in [3.05, 3.63) is 29.8 Å². The molecule has 0 saturated carbocycles. The molecule has 17 heavy (non-hydrogen) atoms. The Morgan fingerprint density at radius 3 is 1.47 bits per heavy atom. The molecule has 0 aliphatic heterocycles. The Labute approximate surface area is 98.9 Å². The zero-order valence-electron chi connectivity index (χ0n) is 9.46. The van der Waals surface area contributed by atoms with E-state index >= 15 is 0 Å². The third kappa shape index (κ3) is 4.20. The molecule has 2 aromatic rings. The van der Waals surface area contributed by atoms with Crippen LogP contribution in [0.15, 0.2) is 24.3 Å². The first-order valence-electron chi connectivity index (χ1n) is 4.82. The first kappa shape index (κ1) is 12.5. The fourth-order valence-electron chi connectivity index (χ4n) is 1.01. The SMILES string of the molecule is Cc1ccccc1N.Nc1nc(N)nc(N)n1. The Morgan fingerprint density at radius 1 is 0.765 bits per heavy atom. The molecule has 0 atom stereocenters. The number of aromatic nitrogens is 3. The molecule has 0 spiro atoms. The Balaban J connectivity index is 0.000000171. The third-order valence-electron chi connectivity index (χ3n) is 1.88. The van der Waals surface area contributed by atoms with E-state index in [-0.39, 0.29) is 17.8 Å². The molecule has 1 heterocycles. The minimum absolute atomic E-state index is 0.0417. The fraction of sp³-hybridized carbons (Fsp3) is 0.100. The van der Waals surface area contributed by atoms with Gasteiger partial charge in [0.15, 0.2) is 0 Å². The maximum atomic E-state index is 5.52. The molecule has 1 aromatic carbocycles. The van der Waals surface area contributed by atoms with Crippen molar-refractivity contribution in [2.75, 3.05) is 22.9 Å². The predicted molar refractivity (Wildman–Crippen MR) is 68.7 cm³/mol. The summed E-state index contributed by atoms with van der Waals surface area (Å²) in [5, 5.41) is 0. The lowest BCUT2D eigenvalue weighted by molar-refractivity contribution is 1.09. The van der Waals surface area contributed by atoms with Gasteiger partial charge in [-0.05, 0) is 18.6 Å². The average molecular weight is 233 g/mol. The standard InChI is InChI=1S/C7H9N.C3H6N6/c1-6-4-2-3-5-7(6)8;4-1-7-2(5)9-3(6)8-1/h2-5H,8H2,1H3;(H6,4,5,6,7,8,9). The van der Waals surface area contributed by atoms with Crippen LogP contribution in [0.25, 0.3) is 0 Å². The van der Waals surface area contributed by atoms with Gasteiger partial charge in [-0.2, -0.15) is 15.0 Å². The molecule has 0 saturated heterocycles. The molecule has 0 fully saturated rings. The Bertz CT molecular complexity index is 426. The van der Waals surface area contributed by atoms with Gasteiger partial charge in [-0.15, -0.1) is 0 Å². The molecule has 7 heteroatoms. The van der Waals surface area contributed by atoms with E-state index in [0.717, 1.165) is 11.3 Å². The first-order chi connectivity index (χ1) is 7.99. The van der Waals surface area contributed by atoms with Crippen molar-refractivity contribution in [3.63, 3.8) is 0 Å². The monoisotopic (exact) mass is 233 g/mol. The van der Waals surface area contributed by atoms with Gasteiger partial charge in [-0.1, -0.05) is 18.2 Å². The van der Waals surface area contributed by atoms with Gasteiger partial charge in [0, 0.05) is 5.69 Å². The molecule has 0 radical (unpaired) electrons. The van der Waals surface area contributed by atoms with Crippen LogP contribution in [0, 0.1) is 6.92 Å². The van der Waals surface area contributed by atoms with Gasteiger partial charge in [-0.3, -0.25) is 0 Å². The molecular formula is C10H15N7. The van der Waals surface area contributed by atoms with Crippen LogP contribution >= 0.6 is 0 Å². The molecule has 0 amide bonds. The van der Waals surface area contributed by atoms with Crippen molar-refractivity contribution in [2.24, 2.45) is 0 Å². The fourth-order valence-corrected chi connectivity index (χ4v) is 1.01. The lowest BCUT2D eigenvalue weighted by Gasteiger charge is -1.93. The molecule has 0 aliphatic rings. The summed E-state index contributed by atoms with van der Waals surface area (Å²) in [6.45, 7) is 2.00. The normalized spacial score (nSPS) is 9.24. The largest absolute Gasteiger partial charge is 0.399 e. The number of hydrogen-bond acceptors (Lipinski definition) is 7. The number of nitrogens with zero attached hydrogens (tertiary/aromatic N) is 3. The van der Waals surface area contributed by atoms with Crippen molar-refractivity contribution in [2.45, 2.75) is 6.92 Å². The number of benzene rings is 1. The van der Waals surface area contributed by atoms with E-state index < -0.39 is 0 Å².